The van der Waals surface area contributed by atoms with Crippen molar-refractivity contribution in [3.05, 3.63) is 24.4 Å². The van der Waals surface area contributed by atoms with Crippen molar-refractivity contribution in [3.8, 4) is 10.7 Å². The number of rotatable bonds is 6. The van der Waals surface area contributed by atoms with Crippen LogP contribution in [0.25, 0.3) is 10.7 Å². The molecule has 5 nitrogen and oxygen atoms in total. The standard InChI is InChI=1S/C16H23N5S/c1-13-7-3-5-11-21(13)12-6-10-18-16-20-19-15(22-16)14-8-2-4-9-17-14/h2,4,8-9,13H,3,5-7,10-12H2,1H3,(H,18,20). The van der Waals surface area contributed by atoms with E-state index in [1.807, 2.05) is 18.2 Å². The monoisotopic (exact) mass is 317 g/mol. The number of nitrogens with zero attached hydrogens (tertiary/aromatic N) is 4. The van der Waals surface area contributed by atoms with Crippen LogP contribution in [-0.4, -0.2) is 45.8 Å². The van der Waals surface area contributed by atoms with E-state index in [9.17, 15) is 0 Å². The molecule has 1 aliphatic rings. The number of nitrogens with one attached hydrogen (secondary N) is 1. The predicted molar refractivity (Wildman–Crippen MR) is 91.1 cm³/mol. The first kappa shape index (κ1) is 15.4. The van der Waals surface area contributed by atoms with Crippen LogP contribution in [0, 0.1) is 0 Å². The third-order valence-corrected chi connectivity index (χ3v) is 5.05. The quantitative estimate of drug-likeness (QED) is 0.829. The van der Waals surface area contributed by atoms with Gasteiger partial charge in [0.2, 0.25) is 5.13 Å². The minimum Gasteiger partial charge on any atom is -0.360 e. The van der Waals surface area contributed by atoms with Crippen molar-refractivity contribution in [1.82, 2.24) is 20.1 Å². The van der Waals surface area contributed by atoms with Crippen LogP contribution in [0.2, 0.25) is 0 Å². The van der Waals surface area contributed by atoms with Crippen molar-refractivity contribution < 1.29 is 0 Å². The second kappa shape index (κ2) is 7.65. The third-order valence-electron chi connectivity index (χ3n) is 4.15. The van der Waals surface area contributed by atoms with E-state index < -0.39 is 0 Å². The summed E-state index contributed by atoms with van der Waals surface area (Å²) < 4.78 is 0. The molecule has 0 aromatic carbocycles. The average molecular weight is 317 g/mol. The lowest BCUT2D eigenvalue weighted by molar-refractivity contribution is 0.160. The van der Waals surface area contributed by atoms with Crippen LogP contribution >= 0.6 is 11.3 Å². The molecule has 3 rings (SSSR count). The summed E-state index contributed by atoms with van der Waals surface area (Å²) in [6.07, 6.45) is 7.00. The van der Waals surface area contributed by atoms with Crippen LogP contribution in [0.15, 0.2) is 24.4 Å². The maximum Gasteiger partial charge on any atom is 0.206 e. The van der Waals surface area contributed by atoms with Gasteiger partial charge in [0.15, 0.2) is 5.01 Å². The molecule has 118 valence electrons. The van der Waals surface area contributed by atoms with Crippen molar-refractivity contribution in [2.45, 2.75) is 38.6 Å². The van der Waals surface area contributed by atoms with Crippen molar-refractivity contribution in [2.24, 2.45) is 0 Å². The summed E-state index contributed by atoms with van der Waals surface area (Å²) >= 11 is 1.56. The summed E-state index contributed by atoms with van der Waals surface area (Å²) in [6, 6.07) is 6.58. The summed E-state index contributed by atoms with van der Waals surface area (Å²) in [4.78, 5) is 6.90. The van der Waals surface area contributed by atoms with Gasteiger partial charge in [-0.2, -0.15) is 0 Å². The molecule has 2 aromatic heterocycles. The number of hydrogen-bond donors (Lipinski definition) is 1. The number of anilines is 1. The molecule has 6 heteroatoms. The summed E-state index contributed by atoms with van der Waals surface area (Å²) in [5, 5.41) is 13.5. The van der Waals surface area contributed by atoms with E-state index >= 15 is 0 Å². The fourth-order valence-electron chi connectivity index (χ4n) is 2.85. The molecule has 1 N–H and O–H groups in total. The Morgan fingerprint density at radius 3 is 3.09 bits per heavy atom. The highest BCUT2D eigenvalue weighted by Crippen LogP contribution is 2.24. The molecule has 22 heavy (non-hydrogen) atoms. The first-order valence-corrected chi connectivity index (χ1v) is 8.87. The number of hydrogen-bond acceptors (Lipinski definition) is 6. The van der Waals surface area contributed by atoms with Crippen LogP contribution in [0.3, 0.4) is 0 Å². The van der Waals surface area contributed by atoms with Crippen LogP contribution in [0.1, 0.15) is 32.6 Å². The van der Waals surface area contributed by atoms with E-state index in [2.05, 4.69) is 32.3 Å². The smallest absolute Gasteiger partial charge is 0.206 e. The zero-order valence-corrected chi connectivity index (χ0v) is 13.9. The molecule has 1 saturated heterocycles. The molecular weight excluding hydrogens is 294 g/mol. The molecule has 0 bridgehead atoms. The molecule has 2 aromatic rings. The Morgan fingerprint density at radius 2 is 2.27 bits per heavy atom. The molecule has 0 spiro atoms. The lowest BCUT2D eigenvalue weighted by Gasteiger charge is -2.33. The maximum absolute atomic E-state index is 4.30. The van der Waals surface area contributed by atoms with Crippen LogP contribution in [-0.2, 0) is 0 Å². The van der Waals surface area contributed by atoms with Crippen LogP contribution in [0.4, 0.5) is 5.13 Å². The first-order valence-electron chi connectivity index (χ1n) is 8.06. The van der Waals surface area contributed by atoms with E-state index in [0.717, 1.165) is 34.8 Å². The number of piperidine rings is 1. The topological polar surface area (TPSA) is 53.9 Å². The zero-order valence-electron chi connectivity index (χ0n) is 13.0. The van der Waals surface area contributed by atoms with Gasteiger partial charge in [0.25, 0.3) is 0 Å². The Morgan fingerprint density at radius 1 is 1.32 bits per heavy atom. The third kappa shape index (κ3) is 4.01. The predicted octanol–water partition coefficient (Wildman–Crippen LogP) is 3.28. The van der Waals surface area contributed by atoms with Crippen molar-refractivity contribution in [1.29, 1.82) is 0 Å². The molecular formula is C16H23N5S. The SMILES string of the molecule is CC1CCCCN1CCCNc1nnc(-c2ccccn2)s1. The van der Waals surface area contributed by atoms with Gasteiger partial charge in [0.1, 0.15) is 5.69 Å². The van der Waals surface area contributed by atoms with Crippen LogP contribution < -0.4 is 5.32 Å². The minimum absolute atomic E-state index is 0.742. The molecule has 0 radical (unpaired) electrons. The van der Waals surface area contributed by atoms with E-state index in [-0.39, 0.29) is 0 Å². The summed E-state index contributed by atoms with van der Waals surface area (Å²) in [5.41, 5.74) is 0.884. The second-order valence-electron chi connectivity index (χ2n) is 5.79. The first-order chi connectivity index (χ1) is 10.8. The largest absolute Gasteiger partial charge is 0.360 e. The van der Waals surface area contributed by atoms with Gasteiger partial charge < -0.3 is 10.2 Å². The highest BCUT2D eigenvalue weighted by molar-refractivity contribution is 7.18. The van der Waals surface area contributed by atoms with E-state index in [0.29, 0.717) is 0 Å². The Kier molecular flexibility index (Phi) is 5.34. The molecule has 0 aliphatic carbocycles. The summed E-state index contributed by atoms with van der Waals surface area (Å²) in [7, 11) is 0. The van der Waals surface area contributed by atoms with Gasteiger partial charge in [-0.25, -0.2) is 0 Å². The summed E-state index contributed by atoms with van der Waals surface area (Å²) in [6.45, 7) is 5.71. The Labute approximate surface area is 135 Å². The molecule has 0 amide bonds. The van der Waals surface area contributed by atoms with E-state index in [1.54, 1.807) is 17.5 Å². The number of likely N-dealkylation sites (tertiary alicyclic amines) is 1. The van der Waals surface area contributed by atoms with Crippen molar-refractivity contribution in [2.75, 3.05) is 25.0 Å². The van der Waals surface area contributed by atoms with Gasteiger partial charge >= 0.3 is 0 Å². The van der Waals surface area contributed by atoms with Crippen LogP contribution in [0.5, 0.6) is 0 Å². The van der Waals surface area contributed by atoms with Crippen molar-refractivity contribution >= 4 is 16.5 Å². The number of pyridine rings is 1. The normalized spacial score (nSPS) is 19.2. The molecule has 3 heterocycles. The van der Waals surface area contributed by atoms with Gasteiger partial charge in [-0.05, 0) is 44.9 Å². The molecule has 1 aliphatic heterocycles. The highest BCUT2D eigenvalue weighted by Gasteiger charge is 2.17. The molecule has 1 fully saturated rings. The van der Waals surface area contributed by atoms with Gasteiger partial charge in [0, 0.05) is 25.3 Å². The van der Waals surface area contributed by atoms with E-state index in [1.165, 1.54) is 32.4 Å². The lowest BCUT2D eigenvalue weighted by Crippen LogP contribution is -2.38. The van der Waals surface area contributed by atoms with Gasteiger partial charge in [0.05, 0.1) is 0 Å². The van der Waals surface area contributed by atoms with E-state index in [4.69, 9.17) is 0 Å². The van der Waals surface area contributed by atoms with Gasteiger partial charge in [-0.15, -0.1) is 10.2 Å². The van der Waals surface area contributed by atoms with Gasteiger partial charge in [-0.1, -0.05) is 23.8 Å². The molecule has 1 unspecified atom stereocenters. The zero-order chi connectivity index (χ0) is 15.2. The second-order valence-corrected chi connectivity index (χ2v) is 6.77. The van der Waals surface area contributed by atoms with Gasteiger partial charge in [-0.3, -0.25) is 4.98 Å². The molecule has 1 atom stereocenters. The lowest BCUT2D eigenvalue weighted by atomic mass is 10.0. The average Bonchev–Trinajstić information content (AvgIpc) is 3.03. The fourth-order valence-corrected chi connectivity index (χ4v) is 3.60. The maximum atomic E-state index is 4.30. The summed E-state index contributed by atoms with van der Waals surface area (Å²) in [5.74, 6) is 0. The Balaban J connectivity index is 1.43. The number of aromatic nitrogens is 3. The Hall–Kier alpha value is -1.53. The minimum atomic E-state index is 0.742. The highest BCUT2D eigenvalue weighted by atomic mass is 32.1. The van der Waals surface area contributed by atoms with Crippen molar-refractivity contribution in [3.63, 3.8) is 0 Å². The molecule has 0 saturated carbocycles. The fraction of sp³-hybridized carbons (Fsp3) is 0.562. The Bertz CT molecular complexity index is 571.